The number of halogens is 1. The monoisotopic (exact) mass is 551 g/mol. The van der Waals surface area contributed by atoms with E-state index in [9.17, 15) is 22.4 Å². The topological polar surface area (TPSA) is 95.6 Å². The SMILES string of the molecule is CCNC(=O)[C@@H](Cc1ccccc1)N(Cc1ccc(F)cc1)C(=O)CCc1ccc(S(=O)(=O)NC2CC2)cc1. The second-order valence-electron chi connectivity index (χ2n) is 9.79. The largest absolute Gasteiger partial charge is 0.355 e. The van der Waals surface area contributed by atoms with Crippen molar-refractivity contribution in [3.05, 3.63) is 101 Å². The van der Waals surface area contributed by atoms with Crippen molar-refractivity contribution in [3.8, 4) is 0 Å². The van der Waals surface area contributed by atoms with E-state index in [0.29, 0.717) is 24.9 Å². The van der Waals surface area contributed by atoms with E-state index in [1.807, 2.05) is 37.3 Å². The first-order chi connectivity index (χ1) is 18.7. The van der Waals surface area contributed by atoms with E-state index in [4.69, 9.17) is 0 Å². The lowest BCUT2D eigenvalue weighted by atomic mass is 10.0. The van der Waals surface area contributed by atoms with Crippen LogP contribution in [0.3, 0.4) is 0 Å². The van der Waals surface area contributed by atoms with Gasteiger partial charge in [-0.3, -0.25) is 9.59 Å². The van der Waals surface area contributed by atoms with Gasteiger partial charge in [0.15, 0.2) is 0 Å². The molecule has 7 nitrogen and oxygen atoms in total. The summed E-state index contributed by atoms with van der Waals surface area (Å²) >= 11 is 0. The van der Waals surface area contributed by atoms with Crippen LogP contribution in [-0.2, 0) is 39.0 Å². The number of likely N-dealkylation sites (N-methyl/N-ethyl adjacent to an activating group) is 1. The van der Waals surface area contributed by atoms with Crippen LogP contribution < -0.4 is 10.0 Å². The number of carbonyl (C=O) groups is 2. The molecule has 0 spiro atoms. The van der Waals surface area contributed by atoms with Gasteiger partial charge in [-0.15, -0.1) is 0 Å². The summed E-state index contributed by atoms with van der Waals surface area (Å²) < 4.78 is 41.1. The summed E-state index contributed by atoms with van der Waals surface area (Å²) in [6.45, 7) is 2.40. The van der Waals surface area contributed by atoms with E-state index in [1.54, 1.807) is 41.3 Å². The lowest BCUT2D eigenvalue weighted by molar-refractivity contribution is -0.141. The summed E-state index contributed by atoms with van der Waals surface area (Å²) in [5.74, 6) is -0.855. The number of sulfonamides is 1. The summed E-state index contributed by atoms with van der Waals surface area (Å²) in [6.07, 6.45) is 2.55. The Morgan fingerprint density at radius 3 is 2.18 bits per heavy atom. The van der Waals surface area contributed by atoms with Gasteiger partial charge in [-0.1, -0.05) is 54.6 Å². The maximum Gasteiger partial charge on any atom is 0.243 e. The zero-order valence-electron chi connectivity index (χ0n) is 22.0. The zero-order valence-corrected chi connectivity index (χ0v) is 22.8. The van der Waals surface area contributed by atoms with Gasteiger partial charge in [-0.2, -0.15) is 0 Å². The van der Waals surface area contributed by atoms with Crippen molar-refractivity contribution in [2.24, 2.45) is 0 Å². The third-order valence-electron chi connectivity index (χ3n) is 6.65. The van der Waals surface area contributed by atoms with Gasteiger partial charge in [0, 0.05) is 32.0 Å². The Kier molecular flexibility index (Phi) is 9.48. The second kappa shape index (κ2) is 13.0. The zero-order chi connectivity index (χ0) is 27.8. The van der Waals surface area contributed by atoms with Crippen LogP contribution in [0.5, 0.6) is 0 Å². The summed E-state index contributed by atoms with van der Waals surface area (Å²) in [5, 5.41) is 2.85. The van der Waals surface area contributed by atoms with Gasteiger partial charge in [0.25, 0.3) is 0 Å². The molecule has 206 valence electrons. The number of amides is 2. The molecule has 1 aliphatic carbocycles. The maximum absolute atomic E-state index is 13.6. The minimum Gasteiger partial charge on any atom is -0.355 e. The van der Waals surface area contributed by atoms with Gasteiger partial charge in [0.05, 0.1) is 4.90 Å². The first kappa shape index (κ1) is 28.4. The third kappa shape index (κ3) is 8.21. The second-order valence-corrected chi connectivity index (χ2v) is 11.5. The molecule has 0 heterocycles. The van der Waals surface area contributed by atoms with Crippen LogP contribution in [0.1, 0.15) is 42.9 Å². The van der Waals surface area contributed by atoms with Crippen LogP contribution in [0.15, 0.2) is 83.8 Å². The quantitative estimate of drug-likeness (QED) is 0.336. The number of carbonyl (C=O) groups excluding carboxylic acids is 2. The molecule has 0 aromatic heterocycles. The molecule has 1 aliphatic rings. The Hall–Kier alpha value is -3.56. The highest BCUT2D eigenvalue weighted by Crippen LogP contribution is 2.23. The first-order valence-corrected chi connectivity index (χ1v) is 14.7. The fraction of sp³-hybridized carbons (Fsp3) is 0.333. The molecule has 1 saturated carbocycles. The molecule has 0 unspecified atom stereocenters. The Morgan fingerprint density at radius 2 is 1.56 bits per heavy atom. The molecular formula is C30H34FN3O4S. The smallest absolute Gasteiger partial charge is 0.243 e. The third-order valence-corrected chi connectivity index (χ3v) is 8.19. The average Bonchev–Trinajstić information content (AvgIpc) is 3.74. The van der Waals surface area contributed by atoms with Gasteiger partial charge < -0.3 is 10.2 Å². The van der Waals surface area contributed by atoms with Gasteiger partial charge in [-0.05, 0) is 67.1 Å². The lowest BCUT2D eigenvalue weighted by Gasteiger charge is -2.31. The highest BCUT2D eigenvalue weighted by atomic mass is 32.2. The molecule has 1 fully saturated rings. The average molecular weight is 552 g/mol. The van der Waals surface area contributed by atoms with Crippen molar-refractivity contribution in [2.75, 3.05) is 6.54 Å². The molecule has 0 bridgehead atoms. The molecule has 3 aromatic rings. The Balaban J connectivity index is 1.52. The Morgan fingerprint density at radius 1 is 0.923 bits per heavy atom. The number of rotatable bonds is 13. The normalized spacial score (nSPS) is 14.0. The molecule has 0 aliphatic heterocycles. The lowest BCUT2D eigenvalue weighted by Crippen LogP contribution is -2.50. The predicted molar refractivity (Wildman–Crippen MR) is 148 cm³/mol. The fourth-order valence-electron chi connectivity index (χ4n) is 4.35. The van der Waals surface area contributed by atoms with Crippen LogP contribution in [0.2, 0.25) is 0 Å². The molecule has 3 aromatic carbocycles. The van der Waals surface area contributed by atoms with Crippen LogP contribution in [0, 0.1) is 5.82 Å². The Bertz CT molecular complexity index is 1360. The number of nitrogens with one attached hydrogen (secondary N) is 2. The van der Waals surface area contributed by atoms with Gasteiger partial charge >= 0.3 is 0 Å². The van der Waals surface area contributed by atoms with Crippen LogP contribution >= 0.6 is 0 Å². The summed E-state index contributed by atoms with van der Waals surface area (Å²) in [4.78, 5) is 28.6. The minimum atomic E-state index is -3.55. The fourth-order valence-corrected chi connectivity index (χ4v) is 5.66. The molecule has 2 N–H and O–H groups in total. The number of hydrogen-bond donors (Lipinski definition) is 2. The predicted octanol–water partition coefficient (Wildman–Crippen LogP) is 3.98. The highest BCUT2D eigenvalue weighted by Gasteiger charge is 2.30. The summed E-state index contributed by atoms with van der Waals surface area (Å²) in [6, 6.07) is 21.2. The molecular weight excluding hydrogens is 517 g/mol. The summed E-state index contributed by atoms with van der Waals surface area (Å²) in [5.41, 5.74) is 2.44. The van der Waals surface area contributed by atoms with Crippen molar-refractivity contribution in [1.82, 2.24) is 14.9 Å². The number of benzene rings is 3. The molecule has 39 heavy (non-hydrogen) atoms. The van der Waals surface area contributed by atoms with Crippen LogP contribution in [-0.4, -0.2) is 43.8 Å². The van der Waals surface area contributed by atoms with E-state index >= 15 is 0 Å². The van der Waals surface area contributed by atoms with Crippen molar-refractivity contribution in [1.29, 1.82) is 0 Å². The van der Waals surface area contributed by atoms with E-state index in [-0.39, 0.29) is 41.5 Å². The standard InChI is InChI=1S/C30H34FN3O4S/c1-2-32-30(36)28(20-23-6-4-3-5-7-23)34(21-24-8-13-25(31)14-9-24)29(35)19-12-22-10-17-27(18-11-22)39(37,38)33-26-15-16-26/h3-11,13-14,17-18,26,28,33H,2,12,15-16,19-21H2,1H3,(H,32,36)/t28-/m1/s1. The maximum atomic E-state index is 13.6. The van der Waals surface area contributed by atoms with Gasteiger partial charge in [-0.25, -0.2) is 17.5 Å². The van der Waals surface area contributed by atoms with Gasteiger partial charge in [0.2, 0.25) is 21.8 Å². The number of hydrogen-bond acceptors (Lipinski definition) is 4. The van der Waals surface area contributed by atoms with Crippen LogP contribution in [0.25, 0.3) is 0 Å². The number of aryl methyl sites for hydroxylation is 1. The Labute approximate surface area is 229 Å². The van der Waals surface area contributed by atoms with E-state index in [2.05, 4.69) is 10.0 Å². The minimum absolute atomic E-state index is 0.0214. The van der Waals surface area contributed by atoms with Gasteiger partial charge in [0.1, 0.15) is 11.9 Å². The first-order valence-electron chi connectivity index (χ1n) is 13.2. The van der Waals surface area contributed by atoms with E-state index in [1.165, 1.54) is 12.1 Å². The van der Waals surface area contributed by atoms with E-state index in [0.717, 1.165) is 24.0 Å². The van der Waals surface area contributed by atoms with Crippen molar-refractivity contribution < 1.29 is 22.4 Å². The van der Waals surface area contributed by atoms with E-state index < -0.39 is 16.1 Å². The van der Waals surface area contributed by atoms with Crippen LogP contribution in [0.4, 0.5) is 4.39 Å². The number of nitrogens with zero attached hydrogens (tertiary/aromatic N) is 1. The summed E-state index contributed by atoms with van der Waals surface area (Å²) in [7, 11) is -3.55. The van der Waals surface area contributed by atoms with Crippen molar-refractivity contribution in [2.45, 2.75) is 62.6 Å². The molecule has 4 rings (SSSR count). The highest BCUT2D eigenvalue weighted by molar-refractivity contribution is 7.89. The van der Waals surface area contributed by atoms with Crippen molar-refractivity contribution in [3.63, 3.8) is 0 Å². The molecule has 9 heteroatoms. The molecule has 0 saturated heterocycles. The van der Waals surface area contributed by atoms with Crippen molar-refractivity contribution >= 4 is 21.8 Å². The molecule has 0 radical (unpaired) electrons. The molecule has 2 amide bonds. The molecule has 1 atom stereocenters.